The van der Waals surface area contributed by atoms with E-state index in [0.717, 1.165) is 0 Å². The number of benzene rings is 2. The van der Waals surface area contributed by atoms with Crippen LogP contribution in [0.2, 0.25) is 0 Å². The molecule has 2 aromatic carbocycles. The monoisotopic (exact) mass is 356 g/mol. The van der Waals surface area contributed by atoms with Gasteiger partial charge in [0.15, 0.2) is 12.4 Å². The van der Waals surface area contributed by atoms with Gasteiger partial charge in [0.2, 0.25) is 0 Å². The Hall–Kier alpha value is -2.70. The standard InChI is InChI=1S/C20H20O6/c1-13-12-16(25-18(21)14-8-4-2-5-9-14)17(20(23)24-13)26-19(22)15-10-6-3-7-11-15/h2-11,13,16-17,20,23H,12H2,1H3/t13-,16+,17-,20?/m1/s1. The lowest BCUT2D eigenvalue weighted by atomic mass is 10.0. The van der Waals surface area contributed by atoms with Crippen molar-refractivity contribution < 1.29 is 28.9 Å². The van der Waals surface area contributed by atoms with E-state index in [2.05, 4.69) is 0 Å². The fraction of sp³-hybridized carbons (Fsp3) is 0.300. The number of hydrogen-bond acceptors (Lipinski definition) is 6. The van der Waals surface area contributed by atoms with E-state index in [9.17, 15) is 14.7 Å². The van der Waals surface area contributed by atoms with Gasteiger partial charge in [-0.15, -0.1) is 0 Å². The molecule has 1 saturated heterocycles. The molecule has 6 nitrogen and oxygen atoms in total. The van der Waals surface area contributed by atoms with E-state index < -0.39 is 30.4 Å². The first-order valence-electron chi connectivity index (χ1n) is 8.40. The Labute approximate surface area is 151 Å². The number of ether oxygens (including phenoxy) is 3. The second-order valence-corrected chi connectivity index (χ2v) is 6.12. The van der Waals surface area contributed by atoms with E-state index in [-0.39, 0.29) is 6.10 Å². The lowest BCUT2D eigenvalue weighted by molar-refractivity contribution is -0.242. The zero-order valence-electron chi connectivity index (χ0n) is 14.3. The normalized spacial score (nSPS) is 25.3. The second-order valence-electron chi connectivity index (χ2n) is 6.12. The van der Waals surface area contributed by atoms with Gasteiger partial charge in [-0.25, -0.2) is 9.59 Å². The minimum absolute atomic E-state index is 0.308. The molecule has 1 aliphatic heterocycles. The zero-order chi connectivity index (χ0) is 18.5. The third-order valence-corrected chi connectivity index (χ3v) is 4.10. The van der Waals surface area contributed by atoms with Crippen molar-refractivity contribution in [1.29, 1.82) is 0 Å². The largest absolute Gasteiger partial charge is 0.455 e. The highest BCUT2D eigenvalue weighted by molar-refractivity contribution is 5.90. The van der Waals surface area contributed by atoms with Gasteiger partial charge in [-0.05, 0) is 31.2 Å². The van der Waals surface area contributed by atoms with Crippen LogP contribution >= 0.6 is 0 Å². The molecule has 0 aromatic heterocycles. The van der Waals surface area contributed by atoms with Gasteiger partial charge in [-0.2, -0.15) is 0 Å². The van der Waals surface area contributed by atoms with E-state index in [4.69, 9.17) is 14.2 Å². The number of aliphatic hydroxyl groups is 1. The Morgan fingerprint density at radius 3 is 1.96 bits per heavy atom. The van der Waals surface area contributed by atoms with Crippen molar-refractivity contribution in [3.63, 3.8) is 0 Å². The SMILES string of the molecule is C[C@@H]1C[C@H](OC(=O)c2ccccc2)[C@@H](OC(=O)c2ccccc2)C(O)O1. The van der Waals surface area contributed by atoms with Crippen LogP contribution in [0, 0.1) is 0 Å². The van der Waals surface area contributed by atoms with Crippen LogP contribution in [0.15, 0.2) is 60.7 Å². The van der Waals surface area contributed by atoms with Gasteiger partial charge < -0.3 is 19.3 Å². The minimum Gasteiger partial charge on any atom is -0.455 e. The highest BCUT2D eigenvalue weighted by Crippen LogP contribution is 2.25. The predicted octanol–water partition coefficient (Wildman–Crippen LogP) is 2.56. The number of rotatable bonds is 4. The minimum atomic E-state index is -1.38. The van der Waals surface area contributed by atoms with E-state index in [0.29, 0.717) is 17.5 Å². The molecule has 2 aromatic rings. The summed E-state index contributed by atoms with van der Waals surface area (Å²) in [7, 11) is 0. The first kappa shape index (κ1) is 18.1. The first-order valence-corrected chi connectivity index (χ1v) is 8.40. The second kappa shape index (κ2) is 8.12. The number of carbonyl (C=O) groups excluding carboxylic acids is 2. The molecule has 1 fully saturated rings. The summed E-state index contributed by atoms with van der Waals surface area (Å²) < 4.78 is 16.2. The van der Waals surface area contributed by atoms with E-state index >= 15 is 0 Å². The molecule has 3 rings (SSSR count). The molecule has 1 heterocycles. The van der Waals surface area contributed by atoms with Crippen molar-refractivity contribution in [2.24, 2.45) is 0 Å². The van der Waals surface area contributed by atoms with Gasteiger partial charge in [-0.1, -0.05) is 36.4 Å². The summed E-state index contributed by atoms with van der Waals surface area (Å²) in [6, 6.07) is 16.9. The zero-order valence-corrected chi connectivity index (χ0v) is 14.3. The molecule has 4 atom stereocenters. The van der Waals surface area contributed by atoms with Gasteiger partial charge in [-0.3, -0.25) is 0 Å². The lowest BCUT2D eigenvalue weighted by Crippen LogP contribution is -2.51. The third-order valence-electron chi connectivity index (χ3n) is 4.10. The number of carbonyl (C=O) groups is 2. The number of esters is 2. The Balaban J connectivity index is 1.74. The summed E-state index contributed by atoms with van der Waals surface area (Å²) in [5, 5.41) is 10.2. The van der Waals surface area contributed by atoms with Crippen molar-refractivity contribution in [1.82, 2.24) is 0 Å². The van der Waals surface area contributed by atoms with E-state index in [1.54, 1.807) is 67.6 Å². The highest BCUT2D eigenvalue weighted by atomic mass is 16.7. The molecule has 0 bridgehead atoms. The molecular formula is C20H20O6. The number of hydrogen-bond donors (Lipinski definition) is 1. The fourth-order valence-electron chi connectivity index (χ4n) is 2.81. The van der Waals surface area contributed by atoms with E-state index in [1.165, 1.54) is 0 Å². The van der Waals surface area contributed by atoms with Crippen molar-refractivity contribution in [2.75, 3.05) is 0 Å². The molecule has 0 spiro atoms. The van der Waals surface area contributed by atoms with Crippen LogP contribution in [0.25, 0.3) is 0 Å². The molecule has 26 heavy (non-hydrogen) atoms. The summed E-state index contributed by atoms with van der Waals surface area (Å²) >= 11 is 0. The Bertz CT molecular complexity index is 745. The van der Waals surface area contributed by atoms with Crippen LogP contribution in [0.3, 0.4) is 0 Å². The molecule has 136 valence electrons. The van der Waals surface area contributed by atoms with Gasteiger partial charge in [0.05, 0.1) is 17.2 Å². The maximum absolute atomic E-state index is 12.3. The predicted molar refractivity (Wildman–Crippen MR) is 92.5 cm³/mol. The summed E-state index contributed by atoms with van der Waals surface area (Å²) in [6.45, 7) is 1.75. The average Bonchev–Trinajstić information content (AvgIpc) is 2.65. The number of aliphatic hydroxyl groups excluding tert-OH is 1. The smallest absolute Gasteiger partial charge is 0.338 e. The summed E-state index contributed by atoms with van der Waals surface area (Å²) in [5.74, 6) is -1.16. The maximum Gasteiger partial charge on any atom is 0.338 e. The molecule has 1 aliphatic rings. The van der Waals surface area contributed by atoms with Crippen molar-refractivity contribution in [2.45, 2.75) is 37.9 Å². The average molecular weight is 356 g/mol. The van der Waals surface area contributed by atoms with Gasteiger partial charge in [0.25, 0.3) is 0 Å². The summed E-state index contributed by atoms with van der Waals surface area (Å²) in [6.07, 6.45) is -3.33. The van der Waals surface area contributed by atoms with Crippen molar-refractivity contribution in [3.05, 3.63) is 71.8 Å². The molecule has 0 aliphatic carbocycles. The van der Waals surface area contributed by atoms with Crippen LogP contribution in [0.5, 0.6) is 0 Å². The molecular weight excluding hydrogens is 336 g/mol. The van der Waals surface area contributed by atoms with Crippen LogP contribution in [0.1, 0.15) is 34.1 Å². The van der Waals surface area contributed by atoms with Crippen LogP contribution in [-0.2, 0) is 14.2 Å². The first-order chi connectivity index (χ1) is 12.5. The van der Waals surface area contributed by atoms with Crippen LogP contribution in [0.4, 0.5) is 0 Å². The third kappa shape index (κ3) is 4.28. The van der Waals surface area contributed by atoms with Gasteiger partial charge in [0, 0.05) is 6.42 Å². The Morgan fingerprint density at radius 2 is 1.42 bits per heavy atom. The summed E-state index contributed by atoms with van der Waals surface area (Å²) in [4.78, 5) is 24.7. The molecule has 6 heteroatoms. The Kier molecular flexibility index (Phi) is 5.65. The highest BCUT2D eigenvalue weighted by Gasteiger charge is 2.42. The molecule has 1 N–H and O–H groups in total. The quantitative estimate of drug-likeness (QED) is 0.848. The van der Waals surface area contributed by atoms with Gasteiger partial charge >= 0.3 is 11.9 Å². The van der Waals surface area contributed by atoms with E-state index in [1.807, 2.05) is 0 Å². The molecule has 0 saturated carbocycles. The Morgan fingerprint density at radius 1 is 0.923 bits per heavy atom. The maximum atomic E-state index is 12.3. The van der Waals surface area contributed by atoms with Crippen LogP contribution < -0.4 is 0 Å². The van der Waals surface area contributed by atoms with Crippen LogP contribution in [-0.4, -0.2) is 41.6 Å². The lowest BCUT2D eigenvalue weighted by Gasteiger charge is -2.37. The summed E-state index contributed by atoms with van der Waals surface area (Å²) in [5.41, 5.74) is 0.723. The molecule has 1 unspecified atom stereocenters. The topological polar surface area (TPSA) is 82.1 Å². The van der Waals surface area contributed by atoms with Crippen molar-refractivity contribution in [3.8, 4) is 0 Å². The van der Waals surface area contributed by atoms with Crippen molar-refractivity contribution >= 4 is 11.9 Å². The van der Waals surface area contributed by atoms with Gasteiger partial charge in [0.1, 0.15) is 6.10 Å². The molecule has 0 amide bonds. The molecule has 0 radical (unpaired) electrons. The fourth-order valence-corrected chi connectivity index (χ4v) is 2.81.